The van der Waals surface area contributed by atoms with Gasteiger partial charge in [-0.05, 0) is 11.6 Å². The van der Waals surface area contributed by atoms with Gasteiger partial charge >= 0.3 is 0 Å². The van der Waals surface area contributed by atoms with E-state index in [1.165, 1.54) is 0 Å². The van der Waals surface area contributed by atoms with Crippen molar-refractivity contribution in [2.75, 3.05) is 13.7 Å². The molecule has 1 aliphatic heterocycles. The maximum Gasteiger partial charge on any atom is 0.220 e. The quantitative estimate of drug-likeness (QED) is 0.765. The van der Waals surface area contributed by atoms with Gasteiger partial charge in [0.05, 0.1) is 7.11 Å². The highest BCUT2D eigenvalue weighted by Crippen LogP contribution is 2.30. The van der Waals surface area contributed by atoms with Crippen molar-refractivity contribution in [2.24, 2.45) is 0 Å². The Balaban J connectivity index is 2.27. The van der Waals surface area contributed by atoms with Gasteiger partial charge in [0.15, 0.2) is 0 Å². The molecule has 2 rings (SSSR count). The molecule has 1 atom stereocenters. The molecule has 1 aromatic rings. The van der Waals surface area contributed by atoms with Crippen LogP contribution in [0.3, 0.4) is 0 Å². The van der Waals surface area contributed by atoms with Crippen molar-refractivity contribution in [3.05, 3.63) is 29.8 Å². The lowest BCUT2D eigenvalue weighted by Crippen LogP contribution is -2.13. The lowest BCUT2D eigenvalue weighted by atomic mass is 9.97. The van der Waals surface area contributed by atoms with E-state index in [0.717, 1.165) is 17.9 Å². The molecule has 3 heteroatoms. The Morgan fingerprint density at radius 3 is 2.86 bits per heavy atom. The fraction of sp³-hybridized carbons (Fsp3) is 0.364. The van der Waals surface area contributed by atoms with Gasteiger partial charge in [-0.3, -0.25) is 4.79 Å². The Morgan fingerprint density at radius 2 is 2.21 bits per heavy atom. The van der Waals surface area contributed by atoms with Gasteiger partial charge in [-0.15, -0.1) is 0 Å². The number of methoxy groups -OCH3 is 1. The Bertz CT molecular complexity index is 349. The SMILES string of the molecule is COc1ccccc1C1CNC(=O)C1. The third-order valence-electron chi connectivity index (χ3n) is 2.56. The van der Waals surface area contributed by atoms with E-state index >= 15 is 0 Å². The van der Waals surface area contributed by atoms with E-state index in [-0.39, 0.29) is 11.8 Å². The number of carbonyl (C=O) groups excluding carboxylic acids is 1. The minimum absolute atomic E-state index is 0.126. The number of nitrogens with one attached hydrogen (secondary N) is 1. The first-order valence-corrected chi connectivity index (χ1v) is 4.71. The zero-order valence-corrected chi connectivity index (χ0v) is 8.12. The standard InChI is InChI=1S/C11H13NO2/c1-14-10-5-3-2-4-9(10)8-6-11(13)12-7-8/h2-5,8H,6-7H2,1H3,(H,12,13). The molecule has 3 nitrogen and oxygen atoms in total. The fourth-order valence-corrected chi connectivity index (χ4v) is 1.83. The van der Waals surface area contributed by atoms with E-state index in [1.807, 2.05) is 24.3 Å². The topological polar surface area (TPSA) is 38.3 Å². The van der Waals surface area contributed by atoms with Gasteiger partial charge in [0.2, 0.25) is 5.91 Å². The second-order valence-corrected chi connectivity index (χ2v) is 3.45. The van der Waals surface area contributed by atoms with Crippen LogP contribution in [0, 0.1) is 0 Å². The highest BCUT2D eigenvalue weighted by atomic mass is 16.5. The molecular formula is C11H13NO2. The van der Waals surface area contributed by atoms with Crippen molar-refractivity contribution < 1.29 is 9.53 Å². The summed E-state index contributed by atoms with van der Waals surface area (Å²) in [6.45, 7) is 0.721. The molecular weight excluding hydrogens is 178 g/mol. The van der Waals surface area contributed by atoms with Crippen LogP contribution < -0.4 is 10.1 Å². The second-order valence-electron chi connectivity index (χ2n) is 3.45. The van der Waals surface area contributed by atoms with Gasteiger partial charge in [-0.2, -0.15) is 0 Å². The highest BCUT2D eigenvalue weighted by molar-refractivity contribution is 5.79. The van der Waals surface area contributed by atoms with E-state index in [1.54, 1.807) is 7.11 Å². The van der Waals surface area contributed by atoms with Crippen LogP contribution in [0.2, 0.25) is 0 Å². The Morgan fingerprint density at radius 1 is 1.43 bits per heavy atom. The monoisotopic (exact) mass is 191 g/mol. The van der Waals surface area contributed by atoms with Crippen molar-refractivity contribution in [2.45, 2.75) is 12.3 Å². The Labute approximate surface area is 83.1 Å². The molecule has 14 heavy (non-hydrogen) atoms. The Hall–Kier alpha value is -1.51. The predicted octanol–water partition coefficient (Wildman–Crippen LogP) is 1.30. The average Bonchev–Trinajstić information content (AvgIpc) is 2.65. The molecule has 0 bridgehead atoms. The molecule has 0 aromatic heterocycles. The third kappa shape index (κ3) is 1.58. The molecule has 1 N–H and O–H groups in total. The van der Waals surface area contributed by atoms with Crippen LogP contribution in [0.1, 0.15) is 17.9 Å². The number of carbonyl (C=O) groups is 1. The first kappa shape index (κ1) is 9.06. The highest BCUT2D eigenvalue weighted by Gasteiger charge is 2.24. The first-order valence-electron chi connectivity index (χ1n) is 4.71. The van der Waals surface area contributed by atoms with Gasteiger partial charge in [-0.25, -0.2) is 0 Å². The van der Waals surface area contributed by atoms with Gasteiger partial charge in [0.1, 0.15) is 5.75 Å². The zero-order chi connectivity index (χ0) is 9.97. The van der Waals surface area contributed by atoms with E-state index in [4.69, 9.17) is 4.74 Å². The largest absolute Gasteiger partial charge is 0.496 e. The van der Waals surface area contributed by atoms with Gasteiger partial charge in [0.25, 0.3) is 0 Å². The summed E-state index contributed by atoms with van der Waals surface area (Å²) in [7, 11) is 1.66. The molecule has 1 aromatic carbocycles. The van der Waals surface area contributed by atoms with Crippen LogP contribution in [0.25, 0.3) is 0 Å². The zero-order valence-electron chi connectivity index (χ0n) is 8.12. The normalized spacial score (nSPS) is 20.6. The fourth-order valence-electron chi connectivity index (χ4n) is 1.83. The van der Waals surface area contributed by atoms with Gasteiger partial charge in [-0.1, -0.05) is 18.2 Å². The summed E-state index contributed by atoms with van der Waals surface area (Å²) in [5, 5.41) is 2.82. The maximum atomic E-state index is 11.1. The van der Waals surface area contributed by atoms with E-state index in [2.05, 4.69) is 5.32 Å². The summed E-state index contributed by atoms with van der Waals surface area (Å²) >= 11 is 0. The van der Waals surface area contributed by atoms with Crippen molar-refractivity contribution >= 4 is 5.91 Å². The minimum atomic E-state index is 0.126. The lowest BCUT2D eigenvalue weighted by Gasteiger charge is -2.12. The van der Waals surface area contributed by atoms with E-state index in [9.17, 15) is 4.79 Å². The number of hydrogen-bond acceptors (Lipinski definition) is 2. The van der Waals surface area contributed by atoms with Crippen LogP contribution in [0.4, 0.5) is 0 Å². The number of amides is 1. The number of benzene rings is 1. The predicted molar refractivity (Wildman–Crippen MR) is 53.4 cm³/mol. The van der Waals surface area contributed by atoms with Crippen LogP contribution >= 0.6 is 0 Å². The molecule has 1 saturated heterocycles. The summed E-state index contributed by atoms with van der Waals surface area (Å²) in [5.74, 6) is 1.26. The molecule has 1 heterocycles. The summed E-state index contributed by atoms with van der Waals surface area (Å²) in [6, 6.07) is 7.86. The molecule has 1 unspecified atom stereocenters. The van der Waals surface area contributed by atoms with Crippen molar-refractivity contribution in [3.63, 3.8) is 0 Å². The summed E-state index contributed by atoms with van der Waals surface area (Å²) < 4.78 is 5.25. The van der Waals surface area contributed by atoms with Gasteiger partial charge in [0, 0.05) is 18.9 Å². The molecule has 1 amide bonds. The van der Waals surface area contributed by atoms with Crippen LogP contribution in [0.15, 0.2) is 24.3 Å². The average molecular weight is 191 g/mol. The number of hydrogen-bond donors (Lipinski definition) is 1. The second kappa shape index (κ2) is 3.70. The number of para-hydroxylation sites is 1. The number of ether oxygens (including phenoxy) is 1. The van der Waals surface area contributed by atoms with Crippen LogP contribution in [-0.4, -0.2) is 19.6 Å². The van der Waals surface area contributed by atoms with Crippen LogP contribution in [0.5, 0.6) is 5.75 Å². The molecule has 1 aliphatic rings. The molecule has 1 fully saturated rings. The van der Waals surface area contributed by atoms with Gasteiger partial charge < -0.3 is 10.1 Å². The lowest BCUT2D eigenvalue weighted by molar-refractivity contribution is -0.119. The van der Waals surface area contributed by atoms with Crippen molar-refractivity contribution in [3.8, 4) is 5.75 Å². The number of rotatable bonds is 2. The van der Waals surface area contributed by atoms with Crippen LogP contribution in [-0.2, 0) is 4.79 Å². The van der Waals surface area contributed by atoms with E-state index < -0.39 is 0 Å². The van der Waals surface area contributed by atoms with E-state index in [0.29, 0.717) is 6.42 Å². The first-order chi connectivity index (χ1) is 6.81. The maximum absolute atomic E-state index is 11.1. The van der Waals surface area contributed by atoms with Crippen molar-refractivity contribution in [1.29, 1.82) is 0 Å². The molecule has 74 valence electrons. The molecule has 0 spiro atoms. The summed E-state index contributed by atoms with van der Waals surface area (Å²) in [6.07, 6.45) is 0.570. The molecule has 0 saturated carbocycles. The summed E-state index contributed by atoms with van der Waals surface area (Å²) in [4.78, 5) is 11.1. The third-order valence-corrected chi connectivity index (χ3v) is 2.56. The minimum Gasteiger partial charge on any atom is -0.496 e. The van der Waals surface area contributed by atoms with Crippen molar-refractivity contribution in [1.82, 2.24) is 5.32 Å². The Kier molecular flexibility index (Phi) is 2.39. The smallest absolute Gasteiger partial charge is 0.220 e. The molecule has 0 aliphatic carbocycles. The summed E-state index contributed by atoms with van der Waals surface area (Å²) in [5.41, 5.74) is 1.12. The molecule has 0 radical (unpaired) electrons.